The van der Waals surface area contributed by atoms with Gasteiger partial charge >= 0.3 is 0 Å². The van der Waals surface area contributed by atoms with Crippen molar-refractivity contribution in [1.82, 2.24) is 0 Å². The van der Waals surface area contributed by atoms with E-state index in [9.17, 15) is 0 Å². The third kappa shape index (κ3) is 2.81. The van der Waals surface area contributed by atoms with E-state index in [1.165, 1.54) is 19.3 Å². The lowest BCUT2D eigenvalue weighted by molar-refractivity contribution is 0.103. The molecule has 16 heavy (non-hydrogen) atoms. The van der Waals surface area contributed by atoms with Crippen LogP contribution in [0.1, 0.15) is 32.6 Å². The molecule has 0 saturated heterocycles. The summed E-state index contributed by atoms with van der Waals surface area (Å²) in [6, 6.07) is 5.99. The zero-order valence-electron chi connectivity index (χ0n) is 9.58. The fourth-order valence-corrected chi connectivity index (χ4v) is 2.76. The number of rotatable bonds is 2. The van der Waals surface area contributed by atoms with Crippen molar-refractivity contribution < 1.29 is 4.74 Å². The van der Waals surface area contributed by atoms with E-state index in [0.29, 0.717) is 12.0 Å². The van der Waals surface area contributed by atoms with Crippen LogP contribution in [0.2, 0.25) is 0 Å². The number of anilines is 1. The number of nitrogen functional groups attached to an aromatic ring is 1. The molecule has 2 atom stereocenters. The highest BCUT2D eigenvalue weighted by Gasteiger charge is 2.23. The van der Waals surface area contributed by atoms with Crippen molar-refractivity contribution in [2.24, 2.45) is 5.92 Å². The molecule has 1 saturated carbocycles. The topological polar surface area (TPSA) is 35.2 Å². The first-order valence-corrected chi connectivity index (χ1v) is 6.96. The molecule has 0 aliphatic heterocycles. The van der Waals surface area contributed by atoms with Crippen LogP contribution in [0, 0.1) is 9.49 Å². The molecular formula is C13H18INO. The largest absolute Gasteiger partial charge is 0.488 e. The molecule has 1 aromatic rings. The van der Waals surface area contributed by atoms with E-state index in [1.54, 1.807) is 0 Å². The van der Waals surface area contributed by atoms with Crippen LogP contribution in [0.5, 0.6) is 5.75 Å². The number of hydrogen-bond donors (Lipinski definition) is 1. The van der Waals surface area contributed by atoms with Crippen LogP contribution in [-0.4, -0.2) is 6.10 Å². The van der Waals surface area contributed by atoms with Gasteiger partial charge in [-0.15, -0.1) is 0 Å². The van der Waals surface area contributed by atoms with Crippen LogP contribution in [0.25, 0.3) is 0 Å². The van der Waals surface area contributed by atoms with Gasteiger partial charge in [0.2, 0.25) is 0 Å². The summed E-state index contributed by atoms with van der Waals surface area (Å²) in [5.41, 5.74) is 6.71. The van der Waals surface area contributed by atoms with Gasteiger partial charge in [0, 0.05) is 3.57 Å². The molecule has 2 nitrogen and oxygen atoms in total. The minimum absolute atomic E-state index is 0.344. The Morgan fingerprint density at radius 1 is 1.31 bits per heavy atom. The minimum atomic E-state index is 0.344. The third-order valence-corrected chi connectivity index (χ3v) is 3.95. The maximum Gasteiger partial charge on any atom is 0.142 e. The Balaban J connectivity index is 2.07. The van der Waals surface area contributed by atoms with Gasteiger partial charge in [-0.1, -0.05) is 13.3 Å². The van der Waals surface area contributed by atoms with Crippen LogP contribution >= 0.6 is 22.6 Å². The lowest BCUT2D eigenvalue weighted by atomic mass is 9.88. The van der Waals surface area contributed by atoms with Crippen LogP contribution in [0.3, 0.4) is 0 Å². The maximum absolute atomic E-state index is 6.02. The Morgan fingerprint density at radius 3 is 2.75 bits per heavy atom. The molecule has 1 aliphatic rings. The number of hydrogen-bond acceptors (Lipinski definition) is 2. The first-order valence-electron chi connectivity index (χ1n) is 5.88. The van der Waals surface area contributed by atoms with Crippen LogP contribution < -0.4 is 10.5 Å². The molecule has 0 amide bonds. The van der Waals surface area contributed by atoms with Gasteiger partial charge in [0.05, 0.1) is 5.69 Å². The predicted molar refractivity (Wildman–Crippen MR) is 75.6 cm³/mol. The van der Waals surface area contributed by atoms with E-state index >= 15 is 0 Å². The molecule has 2 unspecified atom stereocenters. The summed E-state index contributed by atoms with van der Waals surface area (Å²) < 4.78 is 7.18. The average Bonchev–Trinajstić information content (AvgIpc) is 2.25. The van der Waals surface area contributed by atoms with Gasteiger partial charge in [-0.2, -0.15) is 0 Å². The zero-order chi connectivity index (χ0) is 11.5. The quantitative estimate of drug-likeness (QED) is 0.660. The molecule has 1 aromatic carbocycles. The molecule has 0 heterocycles. The molecule has 2 rings (SSSR count). The number of benzene rings is 1. The van der Waals surface area contributed by atoms with Gasteiger partial charge in [0.15, 0.2) is 0 Å². The van der Waals surface area contributed by atoms with E-state index in [-0.39, 0.29) is 0 Å². The second-order valence-electron chi connectivity index (χ2n) is 4.60. The lowest BCUT2D eigenvalue weighted by Gasteiger charge is -2.29. The van der Waals surface area contributed by atoms with E-state index in [0.717, 1.165) is 21.4 Å². The molecule has 0 spiro atoms. The van der Waals surface area contributed by atoms with Crippen molar-refractivity contribution >= 4 is 28.3 Å². The van der Waals surface area contributed by atoms with E-state index in [4.69, 9.17) is 10.5 Å². The summed E-state index contributed by atoms with van der Waals surface area (Å²) in [5, 5.41) is 0. The van der Waals surface area contributed by atoms with Gasteiger partial charge in [-0.25, -0.2) is 0 Å². The Labute approximate surface area is 111 Å². The summed E-state index contributed by atoms with van der Waals surface area (Å²) in [4.78, 5) is 0. The second-order valence-corrected chi connectivity index (χ2v) is 5.85. The maximum atomic E-state index is 6.02. The summed E-state index contributed by atoms with van der Waals surface area (Å²) >= 11 is 2.26. The van der Waals surface area contributed by atoms with Gasteiger partial charge in [-0.3, -0.25) is 0 Å². The van der Waals surface area contributed by atoms with Crippen molar-refractivity contribution in [2.45, 2.75) is 38.7 Å². The van der Waals surface area contributed by atoms with Gasteiger partial charge in [0.25, 0.3) is 0 Å². The summed E-state index contributed by atoms with van der Waals surface area (Å²) in [7, 11) is 0. The Kier molecular flexibility index (Phi) is 3.95. The fraction of sp³-hybridized carbons (Fsp3) is 0.538. The van der Waals surface area contributed by atoms with Gasteiger partial charge in [0.1, 0.15) is 11.9 Å². The highest BCUT2D eigenvalue weighted by Crippen LogP contribution is 2.31. The molecule has 3 heteroatoms. The molecule has 1 aliphatic carbocycles. The smallest absolute Gasteiger partial charge is 0.142 e. The Morgan fingerprint density at radius 2 is 2.06 bits per heavy atom. The minimum Gasteiger partial charge on any atom is -0.488 e. The van der Waals surface area contributed by atoms with Crippen LogP contribution in [0.4, 0.5) is 5.69 Å². The first kappa shape index (κ1) is 12.0. The Bertz CT molecular complexity index is 367. The van der Waals surface area contributed by atoms with Gasteiger partial charge < -0.3 is 10.5 Å². The number of halogens is 1. The third-order valence-electron chi connectivity index (χ3n) is 3.28. The molecule has 2 N–H and O–H groups in total. The van der Waals surface area contributed by atoms with E-state index in [2.05, 4.69) is 29.5 Å². The zero-order valence-corrected chi connectivity index (χ0v) is 11.7. The Hall–Kier alpha value is -0.450. The first-order chi connectivity index (χ1) is 7.66. The van der Waals surface area contributed by atoms with Crippen LogP contribution in [0.15, 0.2) is 18.2 Å². The van der Waals surface area contributed by atoms with Crippen molar-refractivity contribution in [3.63, 3.8) is 0 Å². The number of nitrogens with two attached hydrogens (primary N) is 1. The standard InChI is InChI=1S/C13H18INO/c1-9-4-2-3-5-12(9)16-13-7-6-10(14)8-11(13)15/h6-9,12H,2-5,15H2,1H3. The average molecular weight is 331 g/mol. The van der Waals surface area contributed by atoms with Crippen LogP contribution in [-0.2, 0) is 0 Å². The summed E-state index contributed by atoms with van der Waals surface area (Å²) in [6.45, 7) is 2.27. The van der Waals surface area contributed by atoms with Gasteiger partial charge in [-0.05, 0) is 66.0 Å². The van der Waals surface area contributed by atoms with Crippen molar-refractivity contribution in [3.05, 3.63) is 21.8 Å². The number of ether oxygens (including phenoxy) is 1. The second kappa shape index (κ2) is 5.25. The lowest BCUT2D eigenvalue weighted by Crippen LogP contribution is -2.28. The van der Waals surface area contributed by atoms with Crippen molar-refractivity contribution in [3.8, 4) is 5.75 Å². The predicted octanol–water partition coefficient (Wildman–Crippen LogP) is 3.83. The molecule has 1 fully saturated rings. The molecule has 0 aromatic heterocycles. The SMILES string of the molecule is CC1CCCCC1Oc1ccc(I)cc1N. The molecule has 0 bridgehead atoms. The normalized spacial score (nSPS) is 25.4. The van der Waals surface area contributed by atoms with Crippen molar-refractivity contribution in [1.29, 1.82) is 0 Å². The highest BCUT2D eigenvalue weighted by molar-refractivity contribution is 14.1. The van der Waals surface area contributed by atoms with Crippen molar-refractivity contribution in [2.75, 3.05) is 5.73 Å². The van der Waals surface area contributed by atoms with E-state index < -0.39 is 0 Å². The molecule has 88 valence electrons. The monoisotopic (exact) mass is 331 g/mol. The fourth-order valence-electron chi connectivity index (χ4n) is 2.25. The highest BCUT2D eigenvalue weighted by atomic mass is 127. The molecular weight excluding hydrogens is 313 g/mol. The molecule has 0 radical (unpaired) electrons. The summed E-state index contributed by atoms with van der Waals surface area (Å²) in [6.07, 6.45) is 5.39. The van der Waals surface area contributed by atoms with E-state index in [1.807, 2.05) is 18.2 Å². The summed E-state index contributed by atoms with van der Waals surface area (Å²) in [5.74, 6) is 1.49.